The standard InChI is InChI=1S/C14H13N3O/c1-11(18)16-17-14(12-6-3-2-4-7-12)13-8-5-9-15-10-13/h2-10H,1H3,(H,16,18)/b17-14+. The minimum atomic E-state index is -0.202. The van der Waals surface area contributed by atoms with Crippen LogP contribution in [0.3, 0.4) is 0 Å². The molecule has 18 heavy (non-hydrogen) atoms. The number of carbonyl (C=O) groups is 1. The van der Waals surface area contributed by atoms with Gasteiger partial charge in [-0.25, -0.2) is 5.43 Å². The van der Waals surface area contributed by atoms with E-state index < -0.39 is 0 Å². The van der Waals surface area contributed by atoms with Crippen LogP contribution in [0, 0.1) is 0 Å². The van der Waals surface area contributed by atoms with E-state index in [1.54, 1.807) is 12.4 Å². The number of pyridine rings is 1. The Balaban J connectivity index is 2.42. The third-order valence-corrected chi connectivity index (χ3v) is 2.31. The Morgan fingerprint density at radius 1 is 1.11 bits per heavy atom. The van der Waals surface area contributed by atoms with E-state index in [9.17, 15) is 4.79 Å². The zero-order valence-electron chi connectivity index (χ0n) is 10.00. The first-order valence-corrected chi connectivity index (χ1v) is 5.57. The molecule has 0 spiro atoms. The van der Waals surface area contributed by atoms with Gasteiger partial charge in [-0.3, -0.25) is 9.78 Å². The molecule has 0 fully saturated rings. The molecule has 4 nitrogen and oxygen atoms in total. The first-order valence-electron chi connectivity index (χ1n) is 5.57. The highest BCUT2D eigenvalue weighted by molar-refractivity contribution is 6.12. The quantitative estimate of drug-likeness (QED) is 0.657. The van der Waals surface area contributed by atoms with E-state index in [1.807, 2.05) is 42.5 Å². The molecule has 0 saturated carbocycles. The number of carbonyl (C=O) groups excluding carboxylic acids is 1. The minimum absolute atomic E-state index is 0.202. The molecular formula is C14H13N3O. The lowest BCUT2D eigenvalue weighted by molar-refractivity contribution is -0.118. The molecule has 0 unspecified atom stereocenters. The molecule has 1 heterocycles. The molecule has 4 heteroatoms. The number of hydrogen-bond donors (Lipinski definition) is 1. The maximum absolute atomic E-state index is 11.0. The summed E-state index contributed by atoms with van der Waals surface area (Å²) in [6.07, 6.45) is 3.41. The fourth-order valence-electron chi connectivity index (χ4n) is 1.53. The lowest BCUT2D eigenvalue weighted by Crippen LogP contribution is -2.17. The van der Waals surface area contributed by atoms with Crippen molar-refractivity contribution in [2.24, 2.45) is 5.10 Å². The molecule has 0 aliphatic rings. The van der Waals surface area contributed by atoms with Crippen LogP contribution in [0.1, 0.15) is 18.1 Å². The van der Waals surface area contributed by atoms with Crippen LogP contribution in [0.25, 0.3) is 0 Å². The van der Waals surface area contributed by atoms with Crippen LogP contribution in [0.15, 0.2) is 60.0 Å². The molecule has 0 atom stereocenters. The number of benzene rings is 1. The fourth-order valence-corrected chi connectivity index (χ4v) is 1.53. The molecule has 0 saturated heterocycles. The molecular weight excluding hydrogens is 226 g/mol. The SMILES string of the molecule is CC(=O)N/N=C(\c1ccccc1)c1cccnc1. The summed E-state index contributed by atoms with van der Waals surface area (Å²) in [6, 6.07) is 13.4. The van der Waals surface area contributed by atoms with Crippen molar-refractivity contribution in [1.82, 2.24) is 10.4 Å². The lowest BCUT2D eigenvalue weighted by atomic mass is 10.0. The highest BCUT2D eigenvalue weighted by Crippen LogP contribution is 2.09. The topological polar surface area (TPSA) is 54.4 Å². The van der Waals surface area contributed by atoms with E-state index in [4.69, 9.17) is 0 Å². The predicted octanol–water partition coefficient (Wildman–Crippen LogP) is 1.97. The maximum atomic E-state index is 11.0. The number of amides is 1. The van der Waals surface area contributed by atoms with Gasteiger partial charge in [-0.15, -0.1) is 0 Å². The van der Waals surface area contributed by atoms with E-state index in [0.717, 1.165) is 11.1 Å². The van der Waals surface area contributed by atoms with Crippen LogP contribution in [-0.2, 0) is 4.79 Å². The Bertz CT molecular complexity index is 508. The van der Waals surface area contributed by atoms with Crippen LogP contribution in [-0.4, -0.2) is 16.6 Å². The lowest BCUT2D eigenvalue weighted by Gasteiger charge is -2.06. The van der Waals surface area contributed by atoms with E-state index in [0.29, 0.717) is 5.71 Å². The van der Waals surface area contributed by atoms with Gasteiger partial charge in [-0.2, -0.15) is 5.10 Å². The number of hydrogen-bond acceptors (Lipinski definition) is 3. The summed E-state index contributed by atoms with van der Waals surface area (Å²) in [5, 5.41) is 4.14. The van der Waals surface area contributed by atoms with Gasteiger partial charge < -0.3 is 0 Å². The molecule has 90 valence electrons. The van der Waals surface area contributed by atoms with Gasteiger partial charge >= 0.3 is 0 Å². The monoisotopic (exact) mass is 239 g/mol. The van der Waals surface area contributed by atoms with Gasteiger partial charge in [0.15, 0.2) is 0 Å². The van der Waals surface area contributed by atoms with Crippen molar-refractivity contribution in [2.75, 3.05) is 0 Å². The second-order valence-corrected chi connectivity index (χ2v) is 3.74. The van der Waals surface area contributed by atoms with Crippen molar-refractivity contribution in [3.05, 3.63) is 66.0 Å². The third-order valence-electron chi connectivity index (χ3n) is 2.31. The smallest absolute Gasteiger partial charge is 0.236 e. The third kappa shape index (κ3) is 3.01. The average Bonchev–Trinajstić information content (AvgIpc) is 2.41. The van der Waals surface area contributed by atoms with Gasteiger partial charge in [0.2, 0.25) is 5.91 Å². The number of aromatic nitrogens is 1. The fraction of sp³-hybridized carbons (Fsp3) is 0.0714. The predicted molar refractivity (Wildman–Crippen MR) is 70.1 cm³/mol. The Morgan fingerprint density at radius 2 is 1.83 bits per heavy atom. The molecule has 0 radical (unpaired) electrons. The van der Waals surface area contributed by atoms with Crippen molar-refractivity contribution in [1.29, 1.82) is 0 Å². The van der Waals surface area contributed by atoms with Crippen molar-refractivity contribution in [3.8, 4) is 0 Å². The number of nitrogens with one attached hydrogen (secondary N) is 1. The van der Waals surface area contributed by atoms with Crippen LogP contribution >= 0.6 is 0 Å². The largest absolute Gasteiger partial charge is 0.274 e. The van der Waals surface area contributed by atoms with Gasteiger partial charge in [0.05, 0.1) is 5.71 Å². The first kappa shape index (κ1) is 12.0. The zero-order valence-corrected chi connectivity index (χ0v) is 10.00. The Hall–Kier alpha value is -2.49. The van der Waals surface area contributed by atoms with Gasteiger partial charge in [0, 0.05) is 30.4 Å². The Labute approximate surface area is 105 Å². The van der Waals surface area contributed by atoms with Crippen LogP contribution in [0.2, 0.25) is 0 Å². The molecule has 2 aromatic rings. The zero-order chi connectivity index (χ0) is 12.8. The Kier molecular flexibility index (Phi) is 3.81. The number of nitrogens with zero attached hydrogens (tertiary/aromatic N) is 2. The minimum Gasteiger partial charge on any atom is -0.274 e. The number of hydrazone groups is 1. The molecule has 0 bridgehead atoms. The maximum Gasteiger partial charge on any atom is 0.236 e. The molecule has 1 N–H and O–H groups in total. The molecule has 1 aromatic carbocycles. The summed E-state index contributed by atoms with van der Waals surface area (Å²) < 4.78 is 0. The summed E-state index contributed by atoms with van der Waals surface area (Å²) in [7, 11) is 0. The molecule has 1 amide bonds. The molecule has 1 aromatic heterocycles. The summed E-state index contributed by atoms with van der Waals surface area (Å²) >= 11 is 0. The normalized spacial score (nSPS) is 11.1. The van der Waals surface area contributed by atoms with Gasteiger partial charge in [0.1, 0.15) is 0 Å². The van der Waals surface area contributed by atoms with Gasteiger partial charge in [-0.05, 0) is 12.1 Å². The number of rotatable bonds is 3. The second-order valence-electron chi connectivity index (χ2n) is 3.74. The highest BCUT2D eigenvalue weighted by Gasteiger charge is 2.06. The molecule has 2 rings (SSSR count). The van der Waals surface area contributed by atoms with Gasteiger partial charge in [0.25, 0.3) is 0 Å². The van der Waals surface area contributed by atoms with Crippen LogP contribution in [0.5, 0.6) is 0 Å². The Morgan fingerprint density at radius 3 is 2.44 bits per heavy atom. The van der Waals surface area contributed by atoms with Crippen molar-refractivity contribution in [3.63, 3.8) is 0 Å². The summed E-state index contributed by atoms with van der Waals surface area (Å²) in [5.41, 5.74) is 4.95. The van der Waals surface area contributed by atoms with Crippen LogP contribution < -0.4 is 5.43 Å². The van der Waals surface area contributed by atoms with Crippen LogP contribution in [0.4, 0.5) is 0 Å². The van der Waals surface area contributed by atoms with Crippen molar-refractivity contribution in [2.45, 2.75) is 6.92 Å². The van der Waals surface area contributed by atoms with E-state index in [1.165, 1.54) is 6.92 Å². The van der Waals surface area contributed by atoms with E-state index in [-0.39, 0.29) is 5.91 Å². The van der Waals surface area contributed by atoms with Crippen molar-refractivity contribution < 1.29 is 4.79 Å². The summed E-state index contributed by atoms with van der Waals surface area (Å²) in [5.74, 6) is -0.202. The van der Waals surface area contributed by atoms with Crippen molar-refractivity contribution >= 4 is 11.6 Å². The summed E-state index contributed by atoms with van der Waals surface area (Å²) in [6.45, 7) is 1.43. The molecule has 0 aliphatic carbocycles. The first-order chi connectivity index (χ1) is 8.77. The van der Waals surface area contributed by atoms with Gasteiger partial charge in [-0.1, -0.05) is 30.3 Å². The average molecular weight is 239 g/mol. The second kappa shape index (κ2) is 5.72. The van der Waals surface area contributed by atoms with E-state index in [2.05, 4.69) is 15.5 Å². The van der Waals surface area contributed by atoms with E-state index >= 15 is 0 Å². The molecule has 0 aliphatic heterocycles. The highest BCUT2D eigenvalue weighted by atomic mass is 16.2. The summed E-state index contributed by atoms with van der Waals surface area (Å²) in [4.78, 5) is 15.0.